The van der Waals surface area contributed by atoms with E-state index in [2.05, 4.69) is 5.32 Å². The standard InChI is InChI=1S/C17H21ClN2O4/c1-11(21)19-15(12-4-6-14(18)7-5-12)9-16(22)20-8-2-3-13(10-20)17(23)24/h4-7,13,15H,2-3,8-10H2,1H3,(H,19,21)(H,23,24)/t13-,15?/m0/s1. The van der Waals surface area contributed by atoms with Crippen LogP contribution in [0.3, 0.4) is 0 Å². The number of nitrogens with one attached hydrogen (secondary N) is 1. The topological polar surface area (TPSA) is 86.7 Å². The fourth-order valence-electron chi connectivity index (χ4n) is 2.90. The van der Waals surface area contributed by atoms with Crippen molar-refractivity contribution in [1.29, 1.82) is 0 Å². The van der Waals surface area contributed by atoms with Crippen LogP contribution < -0.4 is 5.32 Å². The Morgan fingerprint density at radius 1 is 1.33 bits per heavy atom. The number of benzene rings is 1. The van der Waals surface area contributed by atoms with Crippen LogP contribution >= 0.6 is 11.6 Å². The number of amides is 2. The maximum Gasteiger partial charge on any atom is 0.308 e. The zero-order chi connectivity index (χ0) is 17.7. The van der Waals surface area contributed by atoms with E-state index in [9.17, 15) is 14.4 Å². The number of likely N-dealkylation sites (tertiary alicyclic amines) is 1. The molecule has 130 valence electrons. The molecule has 2 rings (SSSR count). The van der Waals surface area contributed by atoms with Crippen LogP contribution in [-0.2, 0) is 14.4 Å². The molecule has 1 heterocycles. The summed E-state index contributed by atoms with van der Waals surface area (Å²) < 4.78 is 0. The van der Waals surface area contributed by atoms with Crippen molar-refractivity contribution in [3.05, 3.63) is 34.9 Å². The van der Waals surface area contributed by atoms with Crippen LogP contribution in [0.4, 0.5) is 0 Å². The summed E-state index contributed by atoms with van der Waals surface area (Å²) >= 11 is 5.88. The largest absolute Gasteiger partial charge is 0.481 e. The minimum Gasteiger partial charge on any atom is -0.481 e. The lowest BCUT2D eigenvalue weighted by Gasteiger charge is -2.32. The van der Waals surface area contributed by atoms with E-state index in [4.69, 9.17) is 16.7 Å². The van der Waals surface area contributed by atoms with E-state index in [1.807, 2.05) is 0 Å². The highest BCUT2D eigenvalue weighted by atomic mass is 35.5. The highest BCUT2D eigenvalue weighted by Gasteiger charge is 2.29. The van der Waals surface area contributed by atoms with Crippen molar-refractivity contribution in [3.63, 3.8) is 0 Å². The summed E-state index contributed by atoms with van der Waals surface area (Å²) in [5, 5.41) is 12.5. The monoisotopic (exact) mass is 352 g/mol. The maximum absolute atomic E-state index is 12.6. The van der Waals surface area contributed by atoms with Gasteiger partial charge < -0.3 is 15.3 Å². The third-order valence-corrected chi connectivity index (χ3v) is 4.40. The SMILES string of the molecule is CC(=O)NC(CC(=O)N1CCC[C@H](C(=O)O)C1)c1ccc(Cl)cc1. The number of carbonyl (C=O) groups is 3. The lowest BCUT2D eigenvalue weighted by atomic mass is 9.97. The van der Waals surface area contributed by atoms with Crippen LogP contribution in [0.5, 0.6) is 0 Å². The summed E-state index contributed by atoms with van der Waals surface area (Å²) in [5.74, 6) is -1.78. The van der Waals surface area contributed by atoms with E-state index in [0.29, 0.717) is 24.4 Å². The molecule has 1 fully saturated rings. The van der Waals surface area contributed by atoms with E-state index in [1.165, 1.54) is 6.92 Å². The number of carbonyl (C=O) groups excluding carboxylic acids is 2. The number of hydrogen-bond donors (Lipinski definition) is 2. The maximum atomic E-state index is 12.6. The molecule has 2 amide bonds. The number of hydrogen-bond acceptors (Lipinski definition) is 3. The molecule has 1 aromatic carbocycles. The average molecular weight is 353 g/mol. The van der Waals surface area contributed by atoms with Gasteiger partial charge >= 0.3 is 5.97 Å². The zero-order valence-electron chi connectivity index (χ0n) is 13.5. The van der Waals surface area contributed by atoms with Gasteiger partial charge in [-0.2, -0.15) is 0 Å². The van der Waals surface area contributed by atoms with Crippen LogP contribution in [0.25, 0.3) is 0 Å². The fraction of sp³-hybridized carbons (Fsp3) is 0.471. The lowest BCUT2D eigenvalue weighted by Crippen LogP contribution is -2.43. The number of nitrogens with zero attached hydrogens (tertiary/aromatic N) is 1. The molecule has 1 aliphatic heterocycles. The Morgan fingerprint density at radius 3 is 2.58 bits per heavy atom. The van der Waals surface area contributed by atoms with Crippen molar-refractivity contribution in [1.82, 2.24) is 10.2 Å². The quantitative estimate of drug-likeness (QED) is 0.850. The normalized spacial score (nSPS) is 18.8. The van der Waals surface area contributed by atoms with Crippen molar-refractivity contribution >= 4 is 29.4 Å². The Balaban J connectivity index is 2.08. The van der Waals surface area contributed by atoms with E-state index in [-0.39, 0.29) is 24.8 Å². The molecule has 0 saturated carbocycles. The van der Waals surface area contributed by atoms with Gasteiger partial charge in [-0.05, 0) is 30.5 Å². The minimum atomic E-state index is -0.872. The van der Waals surface area contributed by atoms with Gasteiger partial charge in [-0.25, -0.2) is 0 Å². The summed E-state index contributed by atoms with van der Waals surface area (Å²) in [4.78, 5) is 36.7. The summed E-state index contributed by atoms with van der Waals surface area (Å²) in [6, 6.07) is 6.49. The van der Waals surface area contributed by atoms with Gasteiger partial charge in [0.25, 0.3) is 0 Å². The summed E-state index contributed by atoms with van der Waals surface area (Å²) in [5.41, 5.74) is 0.787. The predicted molar refractivity (Wildman–Crippen MR) is 89.6 cm³/mol. The van der Waals surface area contributed by atoms with Gasteiger partial charge in [0, 0.05) is 25.0 Å². The first-order valence-electron chi connectivity index (χ1n) is 7.90. The van der Waals surface area contributed by atoms with Crippen molar-refractivity contribution in [3.8, 4) is 0 Å². The van der Waals surface area contributed by atoms with Crippen LogP contribution in [-0.4, -0.2) is 40.9 Å². The molecule has 1 aromatic rings. The molecular formula is C17H21ClN2O4. The van der Waals surface area contributed by atoms with Crippen LogP contribution in [0, 0.1) is 5.92 Å². The molecule has 1 saturated heterocycles. The number of halogens is 1. The molecule has 0 radical (unpaired) electrons. The number of rotatable bonds is 5. The minimum absolute atomic E-state index is 0.0908. The van der Waals surface area contributed by atoms with Crippen molar-refractivity contribution < 1.29 is 19.5 Å². The number of carboxylic acids is 1. The van der Waals surface area contributed by atoms with Crippen LogP contribution in [0.15, 0.2) is 24.3 Å². The van der Waals surface area contributed by atoms with Crippen molar-refractivity contribution in [2.24, 2.45) is 5.92 Å². The molecule has 2 atom stereocenters. The number of piperidine rings is 1. The molecule has 0 bridgehead atoms. The van der Waals surface area contributed by atoms with E-state index in [1.54, 1.807) is 29.2 Å². The Kier molecular flexibility index (Phi) is 6.20. The van der Waals surface area contributed by atoms with Crippen molar-refractivity contribution in [2.75, 3.05) is 13.1 Å². The third kappa shape index (κ3) is 4.96. The summed E-state index contributed by atoms with van der Waals surface area (Å²) in [6.45, 7) is 2.17. The Bertz CT molecular complexity index is 618. The molecule has 1 unspecified atom stereocenters. The average Bonchev–Trinajstić information content (AvgIpc) is 2.54. The van der Waals surface area contributed by atoms with Crippen LogP contribution in [0.2, 0.25) is 5.02 Å². The smallest absolute Gasteiger partial charge is 0.308 e. The van der Waals surface area contributed by atoms with Crippen molar-refractivity contribution in [2.45, 2.75) is 32.2 Å². The van der Waals surface area contributed by atoms with Gasteiger partial charge in [0.15, 0.2) is 0 Å². The first-order valence-corrected chi connectivity index (χ1v) is 8.27. The van der Waals surface area contributed by atoms with Gasteiger partial charge in [0.05, 0.1) is 18.4 Å². The second-order valence-electron chi connectivity index (χ2n) is 6.03. The van der Waals surface area contributed by atoms with Gasteiger partial charge in [0.2, 0.25) is 11.8 Å². The fourth-order valence-corrected chi connectivity index (χ4v) is 3.03. The first-order chi connectivity index (χ1) is 11.4. The summed E-state index contributed by atoms with van der Waals surface area (Å²) in [7, 11) is 0. The van der Waals surface area contributed by atoms with E-state index < -0.39 is 17.9 Å². The molecule has 2 N–H and O–H groups in total. The highest BCUT2D eigenvalue weighted by molar-refractivity contribution is 6.30. The van der Waals surface area contributed by atoms with Crippen LogP contribution in [0.1, 0.15) is 37.8 Å². The zero-order valence-corrected chi connectivity index (χ0v) is 14.3. The Hall–Kier alpha value is -2.08. The second-order valence-corrected chi connectivity index (χ2v) is 6.46. The molecular weight excluding hydrogens is 332 g/mol. The molecule has 6 nitrogen and oxygen atoms in total. The van der Waals surface area contributed by atoms with Gasteiger partial charge in [-0.15, -0.1) is 0 Å². The number of aliphatic carboxylic acids is 1. The Labute approximate surface area is 145 Å². The van der Waals surface area contributed by atoms with Gasteiger partial charge in [-0.1, -0.05) is 23.7 Å². The highest BCUT2D eigenvalue weighted by Crippen LogP contribution is 2.23. The Morgan fingerprint density at radius 2 is 2.00 bits per heavy atom. The van der Waals surface area contributed by atoms with E-state index >= 15 is 0 Å². The molecule has 7 heteroatoms. The number of carboxylic acid groups (broad SMARTS) is 1. The van der Waals surface area contributed by atoms with E-state index in [0.717, 1.165) is 5.56 Å². The van der Waals surface area contributed by atoms with Gasteiger partial charge in [0.1, 0.15) is 0 Å². The molecule has 0 aromatic heterocycles. The second kappa shape index (κ2) is 8.15. The lowest BCUT2D eigenvalue weighted by molar-refractivity contribution is -0.145. The predicted octanol–water partition coefficient (Wildman–Crippen LogP) is 2.23. The summed E-state index contributed by atoms with van der Waals surface area (Å²) in [6.07, 6.45) is 1.35. The third-order valence-electron chi connectivity index (χ3n) is 4.15. The molecule has 24 heavy (non-hydrogen) atoms. The molecule has 1 aliphatic rings. The molecule has 0 spiro atoms. The van der Waals surface area contributed by atoms with Gasteiger partial charge in [-0.3, -0.25) is 14.4 Å². The first kappa shape index (κ1) is 18.3. The molecule has 0 aliphatic carbocycles.